The summed E-state index contributed by atoms with van der Waals surface area (Å²) in [4.78, 5) is 2.53. The van der Waals surface area contributed by atoms with E-state index < -0.39 is 0 Å². The van der Waals surface area contributed by atoms with Crippen molar-refractivity contribution in [2.45, 2.75) is 46.2 Å². The Hall–Kier alpha value is -0.860. The first-order valence-electron chi connectivity index (χ1n) is 7.05. The topological polar surface area (TPSA) is 15.3 Å². The summed E-state index contributed by atoms with van der Waals surface area (Å²) in [6, 6.07) is 5.35. The number of nitrogens with zero attached hydrogens (tertiary/aromatic N) is 1. The molecule has 0 atom stereocenters. The van der Waals surface area contributed by atoms with E-state index >= 15 is 0 Å². The molecule has 1 saturated heterocycles. The van der Waals surface area contributed by atoms with Crippen LogP contribution in [0.1, 0.15) is 35.1 Å². The maximum absolute atomic E-state index is 3.44. The Balaban J connectivity index is 2.08. The van der Waals surface area contributed by atoms with Gasteiger partial charge in [0, 0.05) is 12.6 Å². The van der Waals surface area contributed by atoms with Crippen molar-refractivity contribution in [2.24, 2.45) is 0 Å². The van der Waals surface area contributed by atoms with Gasteiger partial charge in [0.25, 0.3) is 0 Å². The van der Waals surface area contributed by atoms with E-state index in [0.29, 0.717) is 0 Å². The van der Waals surface area contributed by atoms with E-state index in [2.05, 4.69) is 50.2 Å². The molecule has 0 saturated carbocycles. The highest BCUT2D eigenvalue weighted by atomic mass is 15.1. The third-order valence-corrected chi connectivity index (χ3v) is 4.18. The minimum atomic E-state index is 0.742. The van der Waals surface area contributed by atoms with E-state index in [-0.39, 0.29) is 0 Å². The Kier molecular flexibility index (Phi) is 4.41. The van der Waals surface area contributed by atoms with Crippen LogP contribution >= 0.6 is 0 Å². The quantitative estimate of drug-likeness (QED) is 0.882. The number of hydrogen-bond acceptors (Lipinski definition) is 2. The summed E-state index contributed by atoms with van der Waals surface area (Å²) in [6.45, 7) is 10.1. The predicted octanol–water partition coefficient (Wildman–Crippen LogP) is 2.80. The van der Waals surface area contributed by atoms with Crippen molar-refractivity contribution in [3.05, 3.63) is 34.4 Å². The van der Waals surface area contributed by atoms with E-state index in [4.69, 9.17) is 0 Å². The van der Waals surface area contributed by atoms with Crippen molar-refractivity contribution >= 4 is 0 Å². The lowest BCUT2D eigenvalue weighted by atomic mass is 9.98. The van der Waals surface area contributed by atoms with Gasteiger partial charge in [0.1, 0.15) is 0 Å². The Morgan fingerprint density at radius 2 is 1.67 bits per heavy atom. The minimum Gasteiger partial charge on any atom is -0.317 e. The maximum atomic E-state index is 3.44. The fourth-order valence-corrected chi connectivity index (χ4v) is 3.09. The highest BCUT2D eigenvalue weighted by Crippen LogP contribution is 2.20. The second-order valence-electron chi connectivity index (χ2n) is 5.77. The normalized spacial score (nSPS) is 17.4. The molecule has 1 heterocycles. The van der Waals surface area contributed by atoms with E-state index in [1.54, 1.807) is 0 Å². The van der Waals surface area contributed by atoms with Crippen molar-refractivity contribution in [2.75, 3.05) is 20.1 Å². The average Bonchev–Trinajstić information content (AvgIpc) is 2.34. The summed E-state index contributed by atoms with van der Waals surface area (Å²) in [7, 11) is 2.27. The summed E-state index contributed by atoms with van der Waals surface area (Å²) in [5.41, 5.74) is 5.77. The fraction of sp³-hybridized carbons (Fsp3) is 0.625. The van der Waals surface area contributed by atoms with Crippen molar-refractivity contribution in [3.8, 4) is 0 Å². The smallest absolute Gasteiger partial charge is 0.0238 e. The molecule has 0 amide bonds. The van der Waals surface area contributed by atoms with Crippen LogP contribution in [0.4, 0.5) is 0 Å². The van der Waals surface area contributed by atoms with Crippen LogP contribution in [0.3, 0.4) is 0 Å². The van der Waals surface area contributed by atoms with Gasteiger partial charge in [-0.05, 0) is 70.4 Å². The van der Waals surface area contributed by atoms with E-state index in [1.165, 1.54) is 48.2 Å². The molecule has 0 bridgehead atoms. The Labute approximate surface area is 111 Å². The van der Waals surface area contributed by atoms with Crippen LogP contribution < -0.4 is 5.32 Å². The number of benzene rings is 1. The Morgan fingerprint density at radius 1 is 1.11 bits per heavy atom. The van der Waals surface area contributed by atoms with Gasteiger partial charge < -0.3 is 5.32 Å². The second kappa shape index (κ2) is 5.85. The van der Waals surface area contributed by atoms with Crippen LogP contribution in [0.2, 0.25) is 0 Å². The second-order valence-corrected chi connectivity index (χ2v) is 5.77. The molecule has 1 aromatic rings. The van der Waals surface area contributed by atoms with Crippen molar-refractivity contribution in [1.29, 1.82) is 0 Å². The molecule has 2 nitrogen and oxygen atoms in total. The molecule has 1 aliphatic rings. The number of rotatable bonds is 3. The average molecular weight is 246 g/mol. The van der Waals surface area contributed by atoms with Crippen molar-refractivity contribution < 1.29 is 0 Å². The third kappa shape index (κ3) is 3.12. The number of aryl methyl sites for hydroxylation is 3. The molecule has 1 fully saturated rings. The molecule has 2 heteroatoms. The first-order chi connectivity index (χ1) is 8.58. The Bertz CT molecular complexity index is 383. The van der Waals surface area contributed by atoms with Gasteiger partial charge in [-0.1, -0.05) is 17.7 Å². The van der Waals surface area contributed by atoms with Crippen LogP contribution in [0.5, 0.6) is 0 Å². The number of nitrogens with one attached hydrogen (secondary N) is 1. The molecule has 1 aliphatic heterocycles. The van der Waals surface area contributed by atoms with E-state index in [0.717, 1.165) is 12.6 Å². The molecular formula is C16H26N2. The molecule has 0 aliphatic carbocycles. The highest BCUT2D eigenvalue weighted by molar-refractivity contribution is 5.37. The molecule has 0 unspecified atom stereocenters. The van der Waals surface area contributed by atoms with Gasteiger partial charge in [0.05, 0.1) is 0 Å². The van der Waals surface area contributed by atoms with Crippen molar-refractivity contribution in [1.82, 2.24) is 10.2 Å². The first-order valence-corrected chi connectivity index (χ1v) is 7.05. The van der Waals surface area contributed by atoms with Crippen molar-refractivity contribution in [3.63, 3.8) is 0 Å². The number of hydrogen-bond donors (Lipinski definition) is 1. The summed E-state index contributed by atoms with van der Waals surface area (Å²) in [6.07, 6.45) is 2.56. The van der Waals surface area contributed by atoms with Crippen LogP contribution in [-0.4, -0.2) is 31.1 Å². The zero-order valence-corrected chi connectivity index (χ0v) is 12.2. The van der Waals surface area contributed by atoms with Crippen LogP contribution in [0.15, 0.2) is 12.1 Å². The predicted molar refractivity (Wildman–Crippen MR) is 78.0 cm³/mol. The molecule has 18 heavy (non-hydrogen) atoms. The fourth-order valence-electron chi connectivity index (χ4n) is 3.09. The first kappa shape index (κ1) is 13.6. The summed E-state index contributed by atoms with van der Waals surface area (Å²) in [5, 5.41) is 3.44. The van der Waals surface area contributed by atoms with Gasteiger partial charge in [-0.3, -0.25) is 4.90 Å². The zero-order valence-electron chi connectivity index (χ0n) is 12.2. The summed E-state index contributed by atoms with van der Waals surface area (Å²) >= 11 is 0. The standard InChI is InChI=1S/C16H26N2/c1-12-9-13(2)16(14(3)10-12)11-18(4)15-5-7-17-8-6-15/h9-10,15,17H,5-8,11H2,1-4H3. The van der Waals surface area contributed by atoms with Crippen LogP contribution in [0, 0.1) is 20.8 Å². The third-order valence-electron chi connectivity index (χ3n) is 4.18. The zero-order chi connectivity index (χ0) is 13.1. The minimum absolute atomic E-state index is 0.742. The largest absolute Gasteiger partial charge is 0.317 e. The molecule has 1 N–H and O–H groups in total. The summed E-state index contributed by atoms with van der Waals surface area (Å²) in [5.74, 6) is 0. The van der Waals surface area contributed by atoms with Crippen LogP contribution in [-0.2, 0) is 6.54 Å². The highest BCUT2D eigenvalue weighted by Gasteiger charge is 2.18. The molecule has 1 aromatic carbocycles. The molecule has 2 rings (SSSR count). The van der Waals surface area contributed by atoms with Gasteiger partial charge in [0.2, 0.25) is 0 Å². The molecule has 0 aromatic heterocycles. The molecule has 0 radical (unpaired) electrons. The summed E-state index contributed by atoms with van der Waals surface area (Å²) < 4.78 is 0. The molecule has 100 valence electrons. The van der Waals surface area contributed by atoms with Gasteiger partial charge in [-0.15, -0.1) is 0 Å². The van der Waals surface area contributed by atoms with Gasteiger partial charge >= 0.3 is 0 Å². The van der Waals surface area contributed by atoms with Gasteiger partial charge in [0.15, 0.2) is 0 Å². The SMILES string of the molecule is Cc1cc(C)c(CN(C)C2CCNCC2)c(C)c1. The van der Waals surface area contributed by atoms with Gasteiger partial charge in [-0.25, -0.2) is 0 Å². The van der Waals surface area contributed by atoms with E-state index in [9.17, 15) is 0 Å². The van der Waals surface area contributed by atoms with Gasteiger partial charge in [-0.2, -0.15) is 0 Å². The number of piperidine rings is 1. The van der Waals surface area contributed by atoms with E-state index in [1.807, 2.05) is 0 Å². The molecular weight excluding hydrogens is 220 g/mol. The Morgan fingerprint density at radius 3 is 2.22 bits per heavy atom. The van der Waals surface area contributed by atoms with Crippen LogP contribution in [0.25, 0.3) is 0 Å². The molecule has 0 spiro atoms. The maximum Gasteiger partial charge on any atom is 0.0238 e. The lowest BCUT2D eigenvalue weighted by molar-refractivity contribution is 0.191. The monoisotopic (exact) mass is 246 g/mol. The lowest BCUT2D eigenvalue weighted by Crippen LogP contribution is -2.40. The lowest BCUT2D eigenvalue weighted by Gasteiger charge is -2.32.